The molecule has 1 aromatic carbocycles. The van der Waals surface area contributed by atoms with Gasteiger partial charge in [0.2, 0.25) is 0 Å². The summed E-state index contributed by atoms with van der Waals surface area (Å²) in [6.45, 7) is 3.56. The summed E-state index contributed by atoms with van der Waals surface area (Å²) < 4.78 is 0. The number of likely N-dealkylation sites (tertiary alicyclic amines) is 1. The number of ketones is 1. The Morgan fingerprint density at radius 2 is 1.89 bits per heavy atom. The van der Waals surface area contributed by atoms with Crippen LogP contribution in [0.4, 0.5) is 0 Å². The van der Waals surface area contributed by atoms with Gasteiger partial charge in [0.05, 0.1) is 0 Å². The normalized spacial score (nSPS) is 24.2. The minimum atomic E-state index is 0.240. The third-order valence-corrected chi connectivity index (χ3v) is 4.36. The Bertz CT molecular complexity index is 434. The van der Waals surface area contributed by atoms with Crippen LogP contribution in [0.15, 0.2) is 24.3 Å². The SMILES string of the molecule is O=C1c2ccccc2CC1CCN1CCCCC1. The van der Waals surface area contributed by atoms with Crippen molar-refractivity contribution < 1.29 is 4.79 Å². The minimum absolute atomic E-state index is 0.240. The fourth-order valence-electron chi connectivity index (χ4n) is 3.27. The highest BCUT2D eigenvalue weighted by Crippen LogP contribution is 2.28. The molecule has 96 valence electrons. The Balaban J connectivity index is 1.57. The van der Waals surface area contributed by atoms with Crippen LogP contribution in [0.25, 0.3) is 0 Å². The van der Waals surface area contributed by atoms with Crippen molar-refractivity contribution in [3.63, 3.8) is 0 Å². The monoisotopic (exact) mass is 243 g/mol. The molecule has 2 heteroatoms. The summed E-state index contributed by atoms with van der Waals surface area (Å²) in [6.07, 6.45) is 6.04. The number of hydrogen-bond acceptors (Lipinski definition) is 2. The Morgan fingerprint density at radius 3 is 2.67 bits per heavy atom. The van der Waals surface area contributed by atoms with E-state index in [0.717, 1.165) is 24.9 Å². The van der Waals surface area contributed by atoms with Crippen molar-refractivity contribution in [3.05, 3.63) is 35.4 Å². The number of nitrogens with zero attached hydrogens (tertiary/aromatic N) is 1. The first kappa shape index (κ1) is 11.9. The first-order chi connectivity index (χ1) is 8.84. The van der Waals surface area contributed by atoms with Crippen LogP contribution in [-0.4, -0.2) is 30.3 Å². The summed E-state index contributed by atoms with van der Waals surface area (Å²) in [5, 5.41) is 0. The highest BCUT2D eigenvalue weighted by Gasteiger charge is 2.29. The van der Waals surface area contributed by atoms with Gasteiger partial charge in [0.25, 0.3) is 0 Å². The summed E-state index contributed by atoms with van der Waals surface area (Å²) in [6, 6.07) is 8.11. The van der Waals surface area contributed by atoms with E-state index in [-0.39, 0.29) is 5.92 Å². The van der Waals surface area contributed by atoms with Gasteiger partial charge in [0, 0.05) is 11.5 Å². The van der Waals surface area contributed by atoms with Crippen molar-refractivity contribution in [2.24, 2.45) is 5.92 Å². The molecule has 3 rings (SSSR count). The quantitative estimate of drug-likeness (QED) is 0.813. The molecule has 1 aliphatic carbocycles. The maximum absolute atomic E-state index is 12.3. The molecule has 1 heterocycles. The van der Waals surface area contributed by atoms with E-state index in [4.69, 9.17) is 0 Å². The number of Topliss-reactive ketones (excluding diaryl/α,β-unsaturated/α-hetero) is 1. The van der Waals surface area contributed by atoms with Crippen molar-refractivity contribution in [3.8, 4) is 0 Å². The molecular formula is C16H21NO. The van der Waals surface area contributed by atoms with Crippen molar-refractivity contribution >= 4 is 5.78 Å². The Labute approximate surface area is 109 Å². The molecule has 1 aliphatic heterocycles. The van der Waals surface area contributed by atoms with Crippen molar-refractivity contribution in [2.75, 3.05) is 19.6 Å². The summed E-state index contributed by atoms with van der Waals surface area (Å²) >= 11 is 0. The van der Waals surface area contributed by atoms with Crippen LogP contribution in [0.2, 0.25) is 0 Å². The van der Waals surface area contributed by atoms with Gasteiger partial charge in [-0.05, 0) is 50.9 Å². The van der Waals surface area contributed by atoms with Crippen LogP contribution in [0.5, 0.6) is 0 Å². The van der Waals surface area contributed by atoms with Crippen molar-refractivity contribution in [2.45, 2.75) is 32.1 Å². The lowest BCUT2D eigenvalue weighted by molar-refractivity contribution is 0.0917. The maximum atomic E-state index is 12.3. The fraction of sp³-hybridized carbons (Fsp3) is 0.562. The lowest BCUT2D eigenvalue weighted by Crippen LogP contribution is -2.32. The molecule has 1 fully saturated rings. The van der Waals surface area contributed by atoms with E-state index in [1.807, 2.05) is 18.2 Å². The highest BCUT2D eigenvalue weighted by atomic mass is 16.1. The molecule has 0 amide bonds. The van der Waals surface area contributed by atoms with E-state index >= 15 is 0 Å². The third-order valence-electron chi connectivity index (χ3n) is 4.36. The molecule has 0 spiro atoms. The zero-order valence-electron chi connectivity index (χ0n) is 10.9. The average molecular weight is 243 g/mol. The number of hydrogen-bond donors (Lipinski definition) is 0. The molecule has 2 aliphatic rings. The summed E-state index contributed by atoms with van der Waals surface area (Å²) in [4.78, 5) is 14.8. The number of benzene rings is 1. The minimum Gasteiger partial charge on any atom is -0.303 e. The van der Waals surface area contributed by atoms with E-state index in [2.05, 4.69) is 11.0 Å². The van der Waals surface area contributed by atoms with Gasteiger partial charge < -0.3 is 4.90 Å². The standard InChI is InChI=1S/C16H21NO/c18-16-14(8-11-17-9-4-1-5-10-17)12-13-6-2-3-7-15(13)16/h2-3,6-7,14H,1,4-5,8-12H2. The fourth-order valence-corrected chi connectivity index (χ4v) is 3.27. The highest BCUT2D eigenvalue weighted by molar-refractivity contribution is 6.02. The van der Waals surface area contributed by atoms with Gasteiger partial charge in [-0.3, -0.25) is 4.79 Å². The van der Waals surface area contributed by atoms with Crippen LogP contribution >= 0.6 is 0 Å². The van der Waals surface area contributed by atoms with Crippen LogP contribution in [-0.2, 0) is 6.42 Å². The molecular weight excluding hydrogens is 222 g/mol. The zero-order chi connectivity index (χ0) is 12.4. The Hall–Kier alpha value is -1.15. The summed E-state index contributed by atoms with van der Waals surface area (Å²) in [5.74, 6) is 0.618. The molecule has 1 unspecified atom stereocenters. The summed E-state index contributed by atoms with van der Waals surface area (Å²) in [7, 11) is 0. The van der Waals surface area contributed by atoms with E-state index in [0.29, 0.717) is 5.78 Å². The van der Waals surface area contributed by atoms with Gasteiger partial charge in [-0.2, -0.15) is 0 Å². The van der Waals surface area contributed by atoms with Gasteiger partial charge in [-0.1, -0.05) is 30.7 Å². The van der Waals surface area contributed by atoms with Gasteiger partial charge in [0.15, 0.2) is 5.78 Å². The van der Waals surface area contributed by atoms with Crippen LogP contribution in [0.3, 0.4) is 0 Å². The van der Waals surface area contributed by atoms with Crippen molar-refractivity contribution in [1.82, 2.24) is 4.90 Å². The smallest absolute Gasteiger partial charge is 0.166 e. The van der Waals surface area contributed by atoms with Crippen LogP contribution in [0.1, 0.15) is 41.6 Å². The number of fused-ring (bicyclic) bond motifs is 1. The lowest BCUT2D eigenvalue weighted by atomic mass is 10.00. The van der Waals surface area contributed by atoms with Gasteiger partial charge >= 0.3 is 0 Å². The topological polar surface area (TPSA) is 20.3 Å². The Morgan fingerprint density at radius 1 is 1.11 bits per heavy atom. The Kier molecular flexibility index (Phi) is 3.46. The number of rotatable bonds is 3. The van der Waals surface area contributed by atoms with E-state index in [1.54, 1.807) is 0 Å². The molecule has 0 N–H and O–H groups in total. The number of carbonyl (C=O) groups is 1. The first-order valence-corrected chi connectivity index (χ1v) is 7.19. The number of carbonyl (C=O) groups excluding carboxylic acids is 1. The molecule has 0 saturated carbocycles. The molecule has 0 bridgehead atoms. The summed E-state index contributed by atoms with van der Waals surface area (Å²) in [5.41, 5.74) is 2.23. The predicted octanol–water partition coefficient (Wildman–Crippen LogP) is 2.92. The van der Waals surface area contributed by atoms with E-state index in [9.17, 15) is 4.79 Å². The first-order valence-electron chi connectivity index (χ1n) is 7.19. The van der Waals surface area contributed by atoms with Crippen LogP contribution < -0.4 is 0 Å². The average Bonchev–Trinajstić information content (AvgIpc) is 2.75. The molecule has 0 aromatic heterocycles. The van der Waals surface area contributed by atoms with Gasteiger partial charge in [-0.15, -0.1) is 0 Å². The molecule has 1 saturated heterocycles. The molecule has 1 atom stereocenters. The molecule has 18 heavy (non-hydrogen) atoms. The van der Waals surface area contributed by atoms with E-state index in [1.165, 1.54) is 37.9 Å². The number of piperidine rings is 1. The predicted molar refractivity (Wildman–Crippen MR) is 72.9 cm³/mol. The molecule has 1 aromatic rings. The largest absolute Gasteiger partial charge is 0.303 e. The molecule has 0 radical (unpaired) electrons. The maximum Gasteiger partial charge on any atom is 0.166 e. The third kappa shape index (κ3) is 2.35. The van der Waals surface area contributed by atoms with E-state index < -0.39 is 0 Å². The second-order valence-electron chi connectivity index (χ2n) is 5.61. The van der Waals surface area contributed by atoms with Gasteiger partial charge in [0.1, 0.15) is 0 Å². The zero-order valence-corrected chi connectivity index (χ0v) is 10.9. The van der Waals surface area contributed by atoms with Crippen LogP contribution in [0, 0.1) is 5.92 Å². The van der Waals surface area contributed by atoms with Gasteiger partial charge in [-0.25, -0.2) is 0 Å². The second-order valence-corrected chi connectivity index (χ2v) is 5.61. The lowest BCUT2D eigenvalue weighted by Gasteiger charge is -2.27. The molecule has 2 nitrogen and oxygen atoms in total. The van der Waals surface area contributed by atoms with Crippen molar-refractivity contribution in [1.29, 1.82) is 0 Å². The second kappa shape index (κ2) is 5.23.